The Bertz CT molecular complexity index is 1880. The molecule has 0 heterocycles. The number of benzene rings is 4. The average molecular weight is 687 g/mol. The van der Waals surface area contributed by atoms with Gasteiger partial charge >= 0.3 is 0 Å². The number of ether oxygens (including phenoxy) is 1. The van der Waals surface area contributed by atoms with Gasteiger partial charge in [0.2, 0.25) is 11.8 Å². The van der Waals surface area contributed by atoms with E-state index in [1.165, 1.54) is 43.2 Å². The SMILES string of the molecule is CC[C@@H](C)NC(=O)[C@H](Cc1ccccc1)N(Cc1ccccc1C)C(=O)CN(c1ccc(OC)cc1)S(=O)(=O)c1ccc(C)c([N+](=O)[O-])c1. The highest BCUT2D eigenvalue weighted by Gasteiger charge is 2.35. The van der Waals surface area contributed by atoms with Gasteiger partial charge in [-0.25, -0.2) is 8.42 Å². The van der Waals surface area contributed by atoms with E-state index in [2.05, 4.69) is 5.32 Å². The van der Waals surface area contributed by atoms with Crippen LogP contribution in [-0.4, -0.2) is 55.8 Å². The van der Waals surface area contributed by atoms with Gasteiger partial charge in [-0.1, -0.05) is 67.6 Å². The summed E-state index contributed by atoms with van der Waals surface area (Å²) in [6, 6.07) is 25.4. The molecule has 0 spiro atoms. The maximum absolute atomic E-state index is 14.7. The van der Waals surface area contributed by atoms with Gasteiger partial charge in [-0.3, -0.25) is 24.0 Å². The lowest BCUT2D eigenvalue weighted by Crippen LogP contribution is -2.54. The Hall–Kier alpha value is -5.23. The van der Waals surface area contributed by atoms with Crippen LogP contribution in [0.5, 0.6) is 5.75 Å². The zero-order chi connectivity index (χ0) is 35.7. The molecule has 0 fully saturated rings. The molecule has 0 saturated heterocycles. The van der Waals surface area contributed by atoms with E-state index < -0.39 is 33.4 Å². The number of nitro groups is 1. The number of anilines is 1. The van der Waals surface area contributed by atoms with Crippen molar-refractivity contribution in [1.29, 1.82) is 0 Å². The van der Waals surface area contributed by atoms with Gasteiger partial charge < -0.3 is 15.0 Å². The summed E-state index contributed by atoms with van der Waals surface area (Å²) in [6.07, 6.45) is 0.849. The fraction of sp³-hybridized carbons (Fsp3) is 0.297. The summed E-state index contributed by atoms with van der Waals surface area (Å²) in [7, 11) is -3.07. The van der Waals surface area contributed by atoms with Gasteiger partial charge in [0.1, 0.15) is 18.3 Å². The minimum Gasteiger partial charge on any atom is -0.497 e. The summed E-state index contributed by atoms with van der Waals surface area (Å²) in [5, 5.41) is 14.8. The molecule has 258 valence electrons. The van der Waals surface area contributed by atoms with Gasteiger partial charge in [-0.05, 0) is 74.2 Å². The van der Waals surface area contributed by atoms with Gasteiger partial charge in [0.05, 0.1) is 22.6 Å². The highest BCUT2D eigenvalue weighted by Crippen LogP contribution is 2.30. The number of nitro benzene ring substituents is 1. The number of hydrogen-bond acceptors (Lipinski definition) is 7. The Labute approximate surface area is 287 Å². The van der Waals surface area contributed by atoms with Crippen LogP contribution in [0.2, 0.25) is 0 Å². The van der Waals surface area contributed by atoms with Crippen LogP contribution >= 0.6 is 0 Å². The zero-order valence-corrected chi connectivity index (χ0v) is 29.1. The number of amides is 2. The van der Waals surface area contributed by atoms with Crippen molar-refractivity contribution < 1.29 is 27.7 Å². The molecule has 0 radical (unpaired) electrons. The normalized spacial score (nSPS) is 12.4. The third-order valence-electron chi connectivity index (χ3n) is 8.48. The second kappa shape index (κ2) is 16.2. The third kappa shape index (κ3) is 9.02. The summed E-state index contributed by atoms with van der Waals surface area (Å²) in [4.78, 5) is 40.9. The van der Waals surface area contributed by atoms with E-state index in [9.17, 15) is 28.1 Å². The summed E-state index contributed by atoms with van der Waals surface area (Å²) in [5.74, 6) is -0.540. The lowest BCUT2D eigenvalue weighted by molar-refractivity contribution is -0.385. The first-order valence-electron chi connectivity index (χ1n) is 16.0. The van der Waals surface area contributed by atoms with Crippen molar-refractivity contribution in [2.45, 2.75) is 64.1 Å². The van der Waals surface area contributed by atoms with Crippen LogP contribution in [-0.2, 0) is 32.6 Å². The van der Waals surface area contributed by atoms with Gasteiger partial charge in [0.15, 0.2) is 0 Å². The molecule has 4 rings (SSSR count). The Balaban J connectivity index is 1.85. The van der Waals surface area contributed by atoms with Crippen LogP contribution in [0.3, 0.4) is 0 Å². The molecule has 1 N–H and O–H groups in total. The predicted molar refractivity (Wildman–Crippen MR) is 189 cm³/mol. The molecule has 2 atom stereocenters. The Morgan fingerprint density at radius 3 is 2.18 bits per heavy atom. The molecule has 11 nitrogen and oxygen atoms in total. The number of nitrogens with zero attached hydrogens (tertiary/aromatic N) is 3. The zero-order valence-electron chi connectivity index (χ0n) is 28.3. The highest BCUT2D eigenvalue weighted by atomic mass is 32.2. The minimum absolute atomic E-state index is 0.0312. The number of methoxy groups -OCH3 is 1. The van der Waals surface area contributed by atoms with E-state index in [-0.39, 0.29) is 46.7 Å². The molecule has 0 bridgehead atoms. The fourth-order valence-corrected chi connectivity index (χ4v) is 6.75. The third-order valence-corrected chi connectivity index (χ3v) is 10.2. The Kier molecular flexibility index (Phi) is 12.1. The molecule has 4 aromatic carbocycles. The van der Waals surface area contributed by atoms with Crippen LogP contribution in [0.15, 0.2) is 102 Å². The smallest absolute Gasteiger partial charge is 0.273 e. The van der Waals surface area contributed by atoms with E-state index in [1.54, 1.807) is 12.1 Å². The summed E-state index contributed by atoms with van der Waals surface area (Å²) in [6.45, 7) is 6.58. The first-order valence-corrected chi connectivity index (χ1v) is 17.4. The lowest BCUT2D eigenvalue weighted by atomic mass is 10.0. The number of carbonyl (C=O) groups excluding carboxylic acids is 2. The van der Waals surface area contributed by atoms with E-state index in [0.717, 1.165) is 27.1 Å². The number of rotatable bonds is 15. The minimum atomic E-state index is -4.54. The molecule has 2 amide bonds. The highest BCUT2D eigenvalue weighted by molar-refractivity contribution is 7.92. The van der Waals surface area contributed by atoms with Crippen LogP contribution in [0.4, 0.5) is 11.4 Å². The van der Waals surface area contributed by atoms with Crippen molar-refractivity contribution in [2.24, 2.45) is 0 Å². The molecule has 4 aromatic rings. The second-order valence-electron chi connectivity index (χ2n) is 11.9. The molecule has 0 unspecified atom stereocenters. The average Bonchev–Trinajstić information content (AvgIpc) is 3.09. The lowest BCUT2D eigenvalue weighted by Gasteiger charge is -2.34. The van der Waals surface area contributed by atoms with Gasteiger partial charge in [0.25, 0.3) is 15.7 Å². The number of hydrogen-bond donors (Lipinski definition) is 1. The van der Waals surface area contributed by atoms with Crippen LogP contribution in [0.25, 0.3) is 0 Å². The van der Waals surface area contributed by atoms with Crippen molar-refractivity contribution in [2.75, 3.05) is 18.0 Å². The van der Waals surface area contributed by atoms with E-state index in [4.69, 9.17) is 4.74 Å². The van der Waals surface area contributed by atoms with Crippen molar-refractivity contribution >= 4 is 33.2 Å². The molecule has 12 heteroatoms. The predicted octanol–water partition coefficient (Wildman–Crippen LogP) is 5.97. The number of carbonyl (C=O) groups is 2. The summed E-state index contributed by atoms with van der Waals surface area (Å²) >= 11 is 0. The largest absolute Gasteiger partial charge is 0.497 e. The molecule has 0 aliphatic heterocycles. The summed E-state index contributed by atoms with van der Waals surface area (Å²) < 4.78 is 34.9. The van der Waals surface area contributed by atoms with E-state index >= 15 is 0 Å². The topological polar surface area (TPSA) is 139 Å². The van der Waals surface area contributed by atoms with Crippen LogP contribution < -0.4 is 14.4 Å². The maximum Gasteiger partial charge on any atom is 0.273 e. The standard InChI is InChI=1S/C37H42N4O7S/c1-6-28(4)38-37(43)35(22-29-13-8-7-9-14-29)39(24-30-15-11-10-12-26(30)2)36(42)25-40(31-17-19-32(48-5)20-18-31)49(46,47)33-21-16-27(3)34(23-33)41(44)45/h7-21,23,28,35H,6,22,24-25H2,1-5H3,(H,38,43)/t28-,35+/m1/s1. The first kappa shape index (κ1) is 36.6. The number of aryl methyl sites for hydroxylation is 2. The van der Waals surface area contributed by atoms with Gasteiger partial charge in [-0.2, -0.15) is 0 Å². The monoisotopic (exact) mass is 686 g/mol. The van der Waals surface area contributed by atoms with Crippen molar-refractivity contribution in [3.05, 3.63) is 129 Å². The first-order chi connectivity index (χ1) is 23.3. The van der Waals surface area contributed by atoms with E-state index in [0.29, 0.717) is 12.2 Å². The van der Waals surface area contributed by atoms with Gasteiger partial charge in [0, 0.05) is 30.6 Å². The Morgan fingerprint density at radius 1 is 0.918 bits per heavy atom. The molecular formula is C37H42N4O7S. The molecule has 0 aliphatic rings. The molecule has 0 saturated carbocycles. The van der Waals surface area contributed by atoms with Crippen molar-refractivity contribution in [3.63, 3.8) is 0 Å². The molecular weight excluding hydrogens is 644 g/mol. The Morgan fingerprint density at radius 2 is 1.57 bits per heavy atom. The van der Waals surface area contributed by atoms with E-state index in [1.807, 2.05) is 75.4 Å². The molecule has 0 aliphatic carbocycles. The van der Waals surface area contributed by atoms with Crippen molar-refractivity contribution in [3.8, 4) is 5.75 Å². The number of nitrogens with one attached hydrogen (secondary N) is 1. The number of sulfonamides is 1. The van der Waals surface area contributed by atoms with Crippen molar-refractivity contribution in [1.82, 2.24) is 10.2 Å². The quantitative estimate of drug-likeness (QED) is 0.120. The van der Waals surface area contributed by atoms with Crippen LogP contribution in [0, 0.1) is 24.0 Å². The molecule has 49 heavy (non-hydrogen) atoms. The summed E-state index contributed by atoms with van der Waals surface area (Å²) in [5.41, 5.74) is 2.56. The molecule has 0 aromatic heterocycles. The maximum atomic E-state index is 14.7. The van der Waals surface area contributed by atoms with Crippen LogP contribution in [0.1, 0.15) is 42.5 Å². The fourth-order valence-electron chi connectivity index (χ4n) is 5.32. The van der Waals surface area contributed by atoms with Gasteiger partial charge in [-0.15, -0.1) is 0 Å². The second-order valence-corrected chi connectivity index (χ2v) is 13.7.